The standard InChI is InChI=1S/C18H19Cl2N3OS/c1-10(2)12-4-6-14(7-5-12)21-18(25)23-22-11(3)15-8-13(19)9-16(20)17(15)24/h4-10,24H,1-3H3,(H2,21,23,25)/b22-11+. The van der Waals surface area contributed by atoms with Gasteiger partial charge in [-0.25, -0.2) is 0 Å². The largest absolute Gasteiger partial charge is 0.506 e. The normalized spacial score (nSPS) is 11.5. The summed E-state index contributed by atoms with van der Waals surface area (Å²) in [6, 6.07) is 11.1. The molecule has 4 nitrogen and oxygen atoms in total. The van der Waals surface area contributed by atoms with Gasteiger partial charge in [-0.1, -0.05) is 49.2 Å². The van der Waals surface area contributed by atoms with Crippen LogP contribution in [0.1, 0.15) is 37.8 Å². The average Bonchev–Trinajstić information content (AvgIpc) is 2.56. The number of thiocarbonyl (C=S) groups is 1. The Morgan fingerprint density at radius 2 is 1.80 bits per heavy atom. The minimum absolute atomic E-state index is 0.0720. The average molecular weight is 396 g/mol. The Balaban J connectivity index is 2.04. The van der Waals surface area contributed by atoms with Crippen molar-refractivity contribution >= 4 is 51.9 Å². The Labute approximate surface area is 162 Å². The van der Waals surface area contributed by atoms with Crippen LogP contribution in [-0.2, 0) is 0 Å². The number of hydrazone groups is 1. The summed E-state index contributed by atoms with van der Waals surface area (Å²) in [4.78, 5) is 0. The molecule has 3 N–H and O–H groups in total. The van der Waals surface area contributed by atoms with Crippen molar-refractivity contribution in [2.75, 3.05) is 5.32 Å². The maximum absolute atomic E-state index is 10.0. The highest BCUT2D eigenvalue weighted by Crippen LogP contribution is 2.31. The number of nitrogens with zero attached hydrogens (tertiary/aromatic N) is 1. The van der Waals surface area contributed by atoms with Gasteiger partial charge in [0.25, 0.3) is 0 Å². The van der Waals surface area contributed by atoms with Crippen LogP contribution in [0.15, 0.2) is 41.5 Å². The highest BCUT2D eigenvalue weighted by atomic mass is 35.5. The molecule has 0 unspecified atom stereocenters. The Morgan fingerprint density at radius 1 is 1.16 bits per heavy atom. The predicted molar refractivity (Wildman–Crippen MR) is 110 cm³/mol. The fraction of sp³-hybridized carbons (Fsp3) is 0.222. The fourth-order valence-electron chi connectivity index (χ4n) is 2.15. The molecule has 0 aliphatic rings. The van der Waals surface area contributed by atoms with E-state index in [-0.39, 0.29) is 10.8 Å². The first-order valence-corrected chi connectivity index (χ1v) is 8.84. The van der Waals surface area contributed by atoms with E-state index < -0.39 is 0 Å². The predicted octanol–water partition coefficient (Wildman–Crippen LogP) is 5.53. The molecule has 132 valence electrons. The molecule has 0 fully saturated rings. The van der Waals surface area contributed by atoms with Crippen molar-refractivity contribution in [1.29, 1.82) is 0 Å². The van der Waals surface area contributed by atoms with E-state index in [1.54, 1.807) is 13.0 Å². The van der Waals surface area contributed by atoms with Gasteiger partial charge >= 0.3 is 0 Å². The molecule has 0 saturated heterocycles. The number of phenolic OH excluding ortho intramolecular Hbond substituents is 1. The van der Waals surface area contributed by atoms with E-state index in [0.717, 1.165) is 5.69 Å². The second kappa shape index (κ2) is 8.52. The van der Waals surface area contributed by atoms with Crippen molar-refractivity contribution in [2.24, 2.45) is 5.10 Å². The molecule has 2 rings (SSSR count). The van der Waals surface area contributed by atoms with Crippen LogP contribution in [0.5, 0.6) is 5.75 Å². The molecular formula is C18H19Cl2N3OS. The molecule has 2 aromatic rings. The molecule has 0 aromatic heterocycles. The van der Waals surface area contributed by atoms with Gasteiger partial charge in [0.05, 0.1) is 10.7 Å². The van der Waals surface area contributed by atoms with E-state index in [9.17, 15) is 5.11 Å². The minimum Gasteiger partial charge on any atom is -0.506 e. The molecule has 0 spiro atoms. The van der Waals surface area contributed by atoms with Crippen LogP contribution < -0.4 is 10.7 Å². The Bertz CT molecular complexity index is 805. The zero-order valence-corrected chi connectivity index (χ0v) is 16.4. The van der Waals surface area contributed by atoms with Gasteiger partial charge in [0, 0.05) is 16.3 Å². The van der Waals surface area contributed by atoms with E-state index in [4.69, 9.17) is 35.4 Å². The second-order valence-electron chi connectivity index (χ2n) is 5.82. The molecule has 0 aliphatic heterocycles. The maximum Gasteiger partial charge on any atom is 0.191 e. The van der Waals surface area contributed by atoms with Gasteiger partial charge < -0.3 is 10.4 Å². The Kier molecular flexibility index (Phi) is 6.64. The Morgan fingerprint density at radius 3 is 2.40 bits per heavy atom. The first-order chi connectivity index (χ1) is 11.8. The van der Waals surface area contributed by atoms with E-state index in [0.29, 0.717) is 27.3 Å². The van der Waals surface area contributed by atoms with Gasteiger partial charge in [-0.2, -0.15) is 5.10 Å². The van der Waals surface area contributed by atoms with Crippen molar-refractivity contribution in [1.82, 2.24) is 5.43 Å². The number of hydrogen-bond donors (Lipinski definition) is 3. The molecule has 0 atom stereocenters. The van der Waals surface area contributed by atoms with Gasteiger partial charge in [-0.15, -0.1) is 0 Å². The van der Waals surface area contributed by atoms with Gasteiger partial charge in [0.2, 0.25) is 0 Å². The summed E-state index contributed by atoms with van der Waals surface area (Å²) in [5, 5.41) is 18.2. The molecule has 0 radical (unpaired) electrons. The zero-order valence-electron chi connectivity index (χ0n) is 14.1. The molecule has 0 aliphatic carbocycles. The third kappa shape index (κ3) is 5.33. The molecule has 0 saturated carbocycles. The summed E-state index contributed by atoms with van der Waals surface area (Å²) in [5.41, 5.74) is 5.80. The van der Waals surface area contributed by atoms with E-state index in [2.05, 4.69) is 41.8 Å². The van der Waals surface area contributed by atoms with Crippen LogP contribution in [0.25, 0.3) is 0 Å². The maximum atomic E-state index is 10.0. The molecule has 0 bridgehead atoms. The highest BCUT2D eigenvalue weighted by Gasteiger charge is 2.11. The highest BCUT2D eigenvalue weighted by molar-refractivity contribution is 7.80. The number of aromatic hydroxyl groups is 1. The second-order valence-corrected chi connectivity index (χ2v) is 7.08. The quantitative estimate of drug-likeness (QED) is 0.361. The van der Waals surface area contributed by atoms with Crippen LogP contribution in [-0.4, -0.2) is 15.9 Å². The summed E-state index contributed by atoms with van der Waals surface area (Å²) in [5.74, 6) is 0.404. The van der Waals surface area contributed by atoms with E-state index >= 15 is 0 Å². The molecule has 25 heavy (non-hydrogen) atoms. The molecule has 0 heterocycles. The summed E-state index contributed by atoms with van der Waals surface area (Å²) in [6.45, 7) is 6.00. The third-order valence-electron chi connectivity index (χ3n) is 3.58. The lowest BCUT2D eigenvalue weighted by molar-refractivity contribution is 0.474. The van der Waals surface area contributed by atoms with Crippen molar-refractivity contribution in [3.63, 3.8) is 0 Å². The van der Waals surface area contributed by atoms with Crippen molar-refractivity contribution in [3.8, 4) is 5.75 Å². The fourth-order valence-corrected chi connectivity index (χ4v) is 2.80. The summed E-state index contributed by atoms with van der Waals surface area (Å²) in [6.07, 6.45) is 0. The van der Waals surface area contributed by atoms with Crippen LogP contribution in [0.3, 0.4) is 0 Å². The smallest absolute Gasteiger partial charge is 0.191 e. The molecular weight excluding hydrogens is 377 g/mol. The summed E-state index contributed by atoms with van der Waals surface area (Å²) >= 11 is 17.1. The summed E-state index contributed by atoms with van der Waals surface area (Å²) in [7, 11) is 0. The number of benzene rings is 2. The van der Waals surface area contributed by atoms with Gasteiger partial charge in [0.1, 0.15) is 5.75 Å². The van der Waals surface area contributed by atoms with E-state index in [1.165, 1.54) is 11.6 Å². The number of phenols is 1. The topological polar surface area (TPSA) is 56.7 Å². The van der Waals surface area contributed by atoms with Gasteiger partial charge in [-0.3, -0.25) is 5.43 Å². The van der Waals surface area contributed by atoms with Gasteiger partial charge in [0.15, 0.2) is 5.11 Å². The van der Waals surface area contributed by atoms with Crippen LogP contribution >= 0.6 is 35.4 Å². The van der Waals surface area contributed by atoms with E-state index in [1.807, 2.05) is 12.1 Å². The number of hydrogen-bond acceptors (Lipinski definition) is 3. The van der Waals surface area contributed by atoms with Crippen molar-refractivity contribution in [2.45, 2.75) is 26.7 Å². The molecule has 2 aromatic carbocycles. The first kappa shape index (κ1) is 19.5. The van der Waals surface area contributed by atoms with Gasteiger partial charge in [-0.05, 0) is 54.9 Å². The Hall–Kier alpha value is -1.82. The van der Waals surface area contributed by atoms with Crippen molar-refractivity contribution < 1.29 is 5.11 Å². The third-order valence-corrected chi connectivity index (χ3v) is 4.28. The monoisotopic (exact) mass is 395 g/mol. The first-order valence-electron chi connectivity index (χ1n) is 7.67. The lowest BCUT2D eigenvalue weighted by atomic mass is 10.0. The molecule has 0 amide bonds. The number of halogens is 2. The SMILES string of the molecule is C/C(=N\NC(=S)Nc1ccc(C(C)C)cc1)c1cc(Cl)cc(Cl)c1O. The van der Waals surface area contributed by atoms with Crippen LogP contribution in [0, 0.1) is 0 Å². The van der Waals surface area contributed by atoms with Crippen LogP contribution in [0.4, 0.5) is 5.69 Å². The molecule has 7 heteroatoms. The number of anilines is 1. The van der Waals surface area contributed by atoms with Crippen molar-refractivity contribution in [3.05, 3.63) is 57.6 Å². The number of nitrogens with one attached hydrogen (secondary N) is 2. The lowest BCUT2D eigenvalue weighted by Gasteiger charge is -2.11. The summed E-state index contributed by atoms with van der Waals surface area (Å²) < 4.78 is 0. The lowest BCUT2D eigenvalue weighted by Crippen LogP contribution is -2.25. The van der Waals surface area contributed by atoms with Crippen LogP contribution in [0.2, 0.25) is 10.0 Å². The minimum atomic E-state index is -0.0720. The zero-order chi connectivity index (χ0) is 18.6. The number of rotatable bonds is 4.